The highest BCUT2D eigenvalue weighted by atomic mass is 32.1. The van der Waals surface area contributed by atoms with Gasteiger partial charge in [0.1, 0.15) is 5.78 Å². The summed E-state index contributed by atoms with van der Waals surface area (Å²) in [6, 6.07) is 8.25. The molecule has 1 aliphatic carbocycles. The molecule has 0 aliphatic heterocycles. The van der Waals surface area contributed by atoms with Crippen LogP contribution in [-0.4, -0.2) is 22.0 Å². The number of rotatable bonds is 13. The molecule has 2 rings (SSSR count). The number of aliphatic carboxylic acids is 1. The molecule has 164 valence electrons. The van der Waals surface area contributed by atoms with Crippen molar-refractivity contribution in [2.75, 3.05) is 0 Å². The van der Waals surface area contributed by atoms with Gasteiger partial charge in [0.2, 0.25) is 0 Å². The summed E-state index contributed by atoms with van der Waals surface area (Å²) in [5.74, 6) is 0.0294. The lowest BCUT2D eigenvalue weighted by atomic mass is 9.84. The summed E-state index contributed by atoms with van der Waals surface area (Å²) in [6.07, 6.45) is 10.1. The van der Waals surface area contributed by atoms with Crippen molar-refractivity contribution in [3.8, 4) is 0 Å². The molecular weight excluding hydrogens is 384 g/mol. The maximum atomic E-state index is 12.4. The first-order valence-corrected chi connectivity index (χ1v) is 11.0. The Labute approximate surface area is 182 Å². The molecule has 0 spiro atoms. The van der Waals surface area contributed by atoms with Gasteiger partial charge in [-0.3, -0.25) is 9.59 Å². The van der Waals surface area contributed by atoms with E-state index in [2.05, 4.69) is 19.1 Å². The number of carbonyl (C=O) groups is 2. The van der Waals surface area contributed by atoms with E-state index < -0.39 is 12.1 Å². The standard InChI is InChI=1S/C24H36O4.H2S/c1-2-3-6-10-22(25)19-14-12-18(13-15-19)20-16-17-23(26)21(20)9-7-4-5-8-11-24(27)28;/h12-15,20-22,25H,2-11,16-17H2,1H3,(H,27,28);1H2/t20-,21-,22+;/m1./s1. The second-order valence-corrected chi connectivity index (χ2v) is 8.24. The molecule has 0 aromatic heterocycles. The van der Waals surface area contributed by atoms with Crippen molar-refractivity contribution in [1.29, 1.82) is 0 Å². The summed E-state index contributed by atoms with van der Waals surface area (Å²) < 4.78 is 0. The molecule has 29 heavy (non-hydrogen) atoms. The minimum Gasteiger partial charge on any atom is -0.481 e. The van der Waals surface area contributed by atoms with Gasteiger partial charge >= 0.3 is 5.97 Å². The number of aliphatic hydroxyl groups is 1. The first-order chi connectivity index (χ1) is 13.5. The quantitative estimate of drug-likeness (QED) is 0.388. The van der Waals surface area contributed by atoms with Crippen LogP contribution >= 0.6 is 13.5 Å². The molecule has 1 saturated carbocycles. The van der Waals surface area contributed by atoms with Gasteiger partial charge in [0.05, 0.1) is 6.10 Å². The third kappa shape index (κ3) is 8.51. The van der Waals surface area contributed by atoms with Gasteiger partial charge in [-0.15, -0.1) is 0 Å². The minimum atomic E-state index is -0.732. The SMILES string of the molecule is CCCCC[C@H](O)c1ccc([C@H]2CCC(=O)[C@@H]2CCCCCCC(=O)O)cc1.S. The van der Waals surface area contributed by atoms with Crippen molar-refractivity contribution >= 4 is 25.2 Å². The van der Waals surface area contributed by atoms with Gasteiger partial charge in [-0.05, 0) is 42.7 Å². The number of carbonyl (C=O) groups excluding carboxylic acids is 1. The summed E-state index contributed by atoms with van der Waals surface area (Å²) in [6.45, 7) is 2.16. The Hall–Kier alpha value is -1.33. The summed E-state index contributed by atoms with van der Waals surface area (Å²) in [7, 11) is 0. The number of hydrogen-bond acceptors (Lipinski definition) is 3. The van der Waals surface area contributed by atoms with E-state index in [1.54, 1.807) is 0 Å². The van der Waals surface area contributed by atoms with Gasteiger partial charge in [0, 0.05) is 18.8 Å². The fourth-order valence-corrected chi connectivity index (χ4v) is 4.38. The fourth-order valence-electron chi connectivity index (χ4n) is 4.38. The van der Waals surface area contributed by atoms with E-state index in [-0.39, 0.29) is 31.8 Å². The highest BCUT2D eigenvalue weighted by molar-refractivity contribution is 7.59. The Bertz CT molecular complexity index is 614. The predicted molar refractivity (Wildman–Crippen MR) is 122 cm³/mol. The number of unbranched alkanes of at least 4 members (excludes halogenated alkanes) is 5. The Morgan fingerprint density at radius 2 is 1.76 bits per heavy atom. The number of hydrogen-bond donors (Lipinski definition) is 2. The van der Waals surface area contributed by atoms with E-state index in [0.717, 1.165) is 69.8 Å². The largest absolute Gasteiger partial charge is 0.481 e. The van der Waals surface area contributed by atoms with E-state index in [0.29, 0.717) is 12.2 Å². The van der Waals surface area contributed by atoms with Crippen LogP contribution in [0.5, 0.6) is 0 Å². The smallest absolute Gasteiger partial charge is 0.303 e. The Balaban J connectivity index is 0.00000420. The van der Waals surface area contributed by atoms with E-state index in [9.17, 15) is 14.7 Å². The summed E-state index contributed by atoms with van der Waals surface area (Å²) in [5.41, 5.74) is 2.19. The number of ketones is 1. The molecule has 1 aliphatic rings. The van der Waals surface area contributed by atoms with Crippen molar-refractivity contribution in [2.45, 2.75) is 96.0 Å². The summed E-state index contributed by atoms with van der Waals surface area (Å²) in [4.78, 5) is 22.9. The number of carboxylic acids is 1. The third-order valence-electron chi connectivity index (χ3n) is 6.09. The van der Waals surface area contributed by atoms with Crippen LogP contribution in [-0.2, 0) is 9.59 Å². The zero-order valence-corrected chi connectivity index (χ0v) is 18.7. The predicted octanol–water partition coefficient (Wildman–Crippen LogP) is 5.90. The third-order valence-corrected chi connectivity index (χ3v) is 6.09. The van der Waals surface area contributed by atoms with Crippen LogP contribution < -0.4 is 0 Å². The normalized spacial score (nSPS) is 19.7. The zero-order chi connectivity index (χ0) is 20.4. The van der Waals surface area contributed by atoms with Crippen LogP contribution in [0.1, 0.15) is 107 Å². The first-order valence-electron chi connectivity index (χ1n) is 11.0. The van der Waals surface area contributed by atoms with Crippen molar-refractivity contribution in [1.82, 2.24) is 0 Å². The molecular formula is C24H38O4S. The van der Waals surface area contributed by atoms with Gasteiger partial charge in [-0.25, -0.2) is 0 Å². The minimum absolute atomic E-state index is 0. The molecule has 1 aromatic rings. The molecule has 0 heterocycles. The molecule has 4 nitrogen and oxygen atoms in total. The molecule has 0 radical (unpaired) electrons. The Morgan fingerprint density at radius 1 is 1.07 bits per heavy atom. The van der Waals surface area contributed by atoms with Gasteiger partial charge in [-0.2, -0.15) is 13.5 Å². The van der Waals surface area contributed by atoms with Crippen molar-refractivity contribution in [3.63, 3.8) is 0 Å². The number of benzene rings is 1. The molecule has 3 atom stereocenters. The summed E-state index contributed by atoms with van der Waals surface area (Å²) >= 11 is 0. The molecule has 0 bridgehead atoms. The molecule has 1 aromatic carbocycles. The Morgan fingerprint density at radius 3 is 2.41 bits per heavy atom. The zero-order valence-electron chi connectivity index (χ0n) is 17.7. The molecule has 0 amide bonds. The van der Waals surface area contributed by atoms with E-state index in [1.807, 2.05) is 12.1 Å². The number of aliphatic hydroxyl groups excluding tert-OH is 1. The maximum absolute atomic E-state index is 12.4. The molecule has 5 heteroatoms. The van der Waals surface area contributed by atoms with Crippen molar-refractivity contribution in [2.24, 2.45) is 5.92 Å². The molecule has 0 unspecified atom stereocenters. The fraction of sp³-hybridized carbons (Fsp3) is 0.667. The van der Waals surface area contributed by atoms with Crippen molar-refractivity contribution < 1.29 is 19.8 Å². The lowest BCUT2D eigenvalue weighted by Crippen LogP contribution is -2.13. The highest BCUT2D eigenvalue weighted by Crippen LogP contribution is 2.40. The second-order valence-electron chi connectivity index (χ2n) is 8.24. The average Bonchev–Trinajstić information content (AvgIpc) is 3.05. The van der Waals surface area contributed by atoms with E-state index in [4.69, 9.17) is 5.11 Å². The highest BCUT2D eigenvalue weighted by Gasteiger charge is 2.34. The monoisotopic (exact) mass is 422 g/mol. The van der Waals surface area contributed by atoms with Crippen LogP contribution in [0.4, 0.5) is 0 Å². The van der Waals surface area contributed by atoms with Crippen molar-refractivity contribution in [3.05, 3.63) is 35.4 Å². The second kappa shape index (κ2) is 13.8. The maximum Gasteiger partial charge on any atom is 0.303 e. The van der Waals surface area contributed by atoms with Gasteiger partial charge in [0.15, 0.2) is 0 Å². The van der Waals surface area contributed by atoms with Gasteiger partial charge in [-0.1, -0.05) is 69.7 Å². The Kier molecular flexibility index (Phi) is 12.2. The van der Waals surface area contributed by atoms with Crippen LogP contribution in [0.15, 0.2) is 24.3 Å². The van der Waals surface area contributed by atoms with Gasteiger partial charge < -0.3 is 10.2 Å². The van der Waals surface area contributed by atoms with Gasteiger partial charge in [0.25, 0.3) is 0 Å². The number of carboxylic acid groups (broad SMARTS) is 1. The topological polar surface area (TPSA) is 74.6 Å². The molecule has 2 N–H and O–H groups in total. The average molecular weight is 423 g/mol. The number of Topliss-reactive ketones (excluding diaryl/α,β-unsaturated/α-hetero) is 1. The lowest BCUT2D eigenvalue weighted by molar-refractivity contribution is -0.137. The first kappa shape index (κ1) is 25.7. The lowest BCUT2D eigenvalue weighted by Gasteiger charge is -2.20. The van der Waals surface area contributed by atoms with Crippen LogP contribution in [0.25, 0.3) is 0 Å². The van der Waals surface area contributed by atoms with Crippen LogP contribution in [0.2, 0.25) is 0 Å². The van der Waals surface area contributed by atoms with Crippen LogP contribution in [0.3, 0.4) is 0 Å². The van der Waals surface area contributed by atoms with Crippen LogP contribution in [0, 0.1) is 5.92 Å². The summed E-state index contributed by atoms with van der Waals surface area (Å²) in [5, 5.41) is 19.0. The van der Waals surface area contributed by atoms with E-state index >= 15 is 0 Å². The van der Waals surface area contributed by atoms with E-state index in [1.165, 1.54) is 5.56 Å². The molecule has 1 fully saturated rings. The molecule has 0 saturated heterocycles.